The third kappa shape index (κ3) is 5.59. The highest BCUT2D eigenvalue weighted by molar-refractivity contribution is 7.17. The molecule has 0 fully saturated rings. The molecule has 0 radical (unpaired) electrons. The molecule has 2 heterocycles. The van der Waals surface area contributed by atoms with Crippen molar-refractivity contribution < 1.29 is 28.7 Å². The molecule has 0 spiro atoms. The second-order valence-corrected chi connectivity index (χ2v) is 9.66. The van der Waals surface area contributed by atoms with Crippen LogP contribution in [0.1, 0.15) is 65.6 Å². The molecule has 2 aliphatic rings. The summed E-state index contributed by atoms with van der Waals surface area (Å²) in [6, 6.07) is 8.60. The van der Waals surface area contributed by atoms with Crippen LogP contribution in [-0.4, -0.2) is 36.1 Å². The molecule has 10 heteroatoms. The van der Waals surface area contributed by atoms with Crippen molar-refractivity contribution in [1.82, 2.24) is 5.43 Å². The number of ether oxygens (including phenoxy) is 2. The van der Waals surface area contributed by atoms with Gasteiger partial charge in [0.05, 0.1) is 12.2 Å². The van der Waals surface area contributed by atoms with E-state index < -0.39 is 23.9 Å². The number of anilines is 1. The Morgan fingerprint density at radius 1 is 1.17 bits per heavy atom. The van der Waals surface area contributed by atoms with Gasteiger partial charge in [-0.15, -0.1) is 11.3 Å². The molecule has 35 heavy (non-hydrogen) atoms. The first kappa shape index (κ1) is 24.6. The van der Waals surface area contributed by atoms with Crippen LogP contribution >= 0.6 is 11.3 Å². The Kier molecular flexibility index (Phi) is 7.60. The molecule has 0 saturated carbocycles. The molecule has 0 bridgehead atoms. The van der Waals surface area contributed by atoms with Gasteiger partial charge in [0, 0.05) is 23.3 Å². The van der Waals surface area contributed by atoms with Crippen LogP contribution in [0.3, 0.4) is 0 Å². The Labute approximate surface area is 206 Å². The van der Waals surface area contributed by atoms with Crippen molar-refractivity contribution >= 4 is 45.8 Å². The van der Waals surface area contributed by atoms with Crippen molar-refractivity contribution in [3.05, 3.63) is 51.9 Å². The topological polar surface area (TPSA) is 123 Å². The summed E-state index contributed by atoms with van der Waals surface area (Å²) in [6.45, 7) is 4.11. The number of amides is 2. The van der Waals surface area contributed by atoms with Gasteiger partial charge in [0.2, 0.25) is 12.0 Å². The molecule has 1 aromatic heterocycles. The fourth-order valence-corrected chi connectivity index (χ4v) is 5.53. The zero-order chi connectivity index (χ0) is 24.9. The largest absolute Gasteiger partial charge is 0.462 e. The Morgan fingerprint density at radius 2 is 1.94 bits per heavy atom. The van der Waals surface area contributed by atoms with E-state index in [0.717, 1.165) is 29.7 Å². The minimum Gasteiger partial charge on any atom is -0.462 e. The first-order valence-corrected chi connectivity index (χ1v) is 12.4. The van der Waals surface area contributed by atoms with E-state index in [4.69, 9.17) is 9.47 Å². The second kappa shape index (κ2) is 10.8. The lowest BCUT2D eigenvalue weighted by Gasteiger charge is -2.19. The number of carbonyl (C=O) groups excluding carboxylic acids is 4. The third-order valence-electron chi connectivity index (χ3n) is 5.93. The minimum absolute atomic E-state index is 0.0334. The fraction of sp³-hybridized carbons (Fsp3) is 0.400. The maximum Gasteiger partial charge on any atom is 0.355 e. The van der Waals surface area contributed by atoms with Gasteiger partial charge in [-0.1, -0.05) is 37.3 Å². The third-order valence-corrected chi connectivity index (χ3v) is 7.10. The number of fused-ring (bicyclic) bond motifs is 1. The lowest BCUT2D eigenvalue weighted by atomic mass is 9.88. The van der Waals surface area contributed by atoms with Crippen molar-refractivity contribution in [2.24, 2.45) is 11.0 Å². The van der Waals surface area contributed by atoms with Crippen molar-refractivity contribution in [2.45, 2.75) is 52.1 Å². The van der Waals surface area contributed by atoms with E-state index in [2.05, 4.69) is 22.8 Å². The van der Waals surface area contributed by atoms with Gasteiger partial charge in [0.1, 0.15) is 10.7 Å². The molecule has 4 rings (SSSR count). The van der Waals surface area contributed by atoms with Crippen LogP contribution in [0.2, 0.25) is 0 Å². The minimum atomic E-state index is -1.28. The lowest BCUT2D eigenvalue weighted by Crippen LogP contribution is -2.33. The highest BCUT2D eigenvalue weighted by Gasteiger charge is 2.33. The predicted octanol–water partition coefficient (Wildman–Crippen LogP) is 3.54. The molecular weight excluding hydrogens is 470 g/mol. The van der Waals surface area contributed by atoms with Crippen molar-refractivity contribution in [1.29, 1.82) is 0 Å². The number of benzene rings is 1. The fourth-order valence-electron chi connectivity index (χ4n) is 4.13. The average molecular weight is 498 g/mol. The molecule has 184 valence electrons. The van der Waals surface area contributed by atoms with Gasteiger partial charge in [-0.3, -0.25) is 9.59 Å². The number of hydrogen-bond donors (Lipinski definition) is 2. The number of thiophene rings is 1. The molecule has 9 nitrogen and oxygen atoms in total. The number of rotatable bonds is 7. The van der Waals surface area contributed by atoms with Gasteiger partial charge in [-0.05, 0) is 37.7 Å². The molecule has 2 unspecified atom stereocenters. The van der Waals surface area contributed by atoms with Gasteiger partial charge in [0.15, 0.2) is 0 Å². The van der Waals surface area contributed by atoms with E-state index in [1.165, 1.54) is 11.3 Å². The summed E-state index contributed by atoms with van der Waals surface area (Å²) in [5, 5.41) is 6.98. The molecule has 1 aromatic carbocycles. The van der Waals surface area contributed by atoms with E-state index >= 15 is 0 Å². The zero-order valence-electron chi connectivity index (χ0n) is 19.6. The second-order valence-electron chi connectivity index (χ2n) is 8.56. The summed E-state index contributed by atoms with van der Waals surface area (Å²) in [6.07, 6.45) is 1.46. The predicted molar refractivity (Wildman–Crippen MR) is 130 cm³/mol. The average Bonchev–Trinajstić information content (AvgIpc) is 3.20. The number of esters is 2. The Bertz CT molecular complexity index is 1170. The van der Waals surface area contributed by atoms with E-state index in [-0.39, 0.29) is 31.1 Å². The van der Waals surface area contributed by atoms with Crippen LogP contribution in [-0.2, 0) is 36.7 Å². The molecule has 1 aliphatic heterocycles. The van der Waals surface area contributed by atoms with Gasteiger partial charge < -0.3 is 14.8 Å². The number of nitrogens with zero attached hydrogens (tertiary/aromatic N) is 1. The van der Waals surface area contributed by atoms with Gasteiger partial charge in [-0.2, -0.15) is 5.10 Å². The maximum atomic E-state index is 13.4. The quantitative estimate of drug-likeness (QED) is 0.564. The maximum absolute atomic E-state index is 13.4. The van der Waals surface area contributed by atoms with Crippen LogP contribution in [0.4, 0.5) is 5.00 Å². The van der Waals surface area contributed by atoms with Crippen molar-refractivity contribution in [2.75, 3.05) is 11.9 Å². The first-order valence-electron chi connectivity index (χ1n) is 11.6. The number of nitrogens with one attached hydrogen (secondary N) is 2. The Morgan fingerprint density at radius 3 is 2.63 bits per heavy atom. The summed E-state index contributed by atoms with van der Waals surface area (Å²) < 4.78 is 10.8. The van der Waals surface area contributed by atoms with Crippen LogP contribution in [0.5, 0.6) is 0 Å². The van der Waals surface area contributed by atoms with E-state index in [9.17, 15) is 19.2 Å². The highest BCUT2D eigenvalue weighted by atomic mass is 32.1. The van der Waals surface area contributed by atoms with Gasteiger partial charge in [0.25, 0.3) is 5.91 Å². The van der Waals surface area contributed by atoms with Gasteiger partial charge in [-0.25, -0.2) is 15.0 Å². The Hall–Kier alpha value is -3.53. The zero-order valence-corrected chi connectivity index (χ0v) is 20.4. The number of carbonyl (C=O) groups is 4. The number of hydrazone groups is 1. The van der Waals surface area contributed by atoms with Crippen molar-refractivity contribution in [3.8, 4) is 0 Å². The molecule has 0 saturated heterocycles. The van der Waals surface area contributed by atoms with Crippen LogP contribution in [0, 0.1) is 5.92 Å². The standard InChI is InChI=1S/C25H27N3O6S/c1-3-33-25(32)20-16-10-9-14(2)13-18(16)35-23(20)26-22(30)21(15-7-5-4-6-8-15)34-24(31)17-11-12-19(29)28-27-17/h4-8,14,21H,3,9-13H2,1-2H3,(H,26,30)(H,28,29). The first-order chi connectivity index (χ1) is 16.9. The van der Waals surface area contributed by atoms with E-state index in [1.807, 2.05) is 0 Å². The van der Waals surface area contributed by atoms with Crippen LogP contribution in [0.15, 0.2) is 35.4 Å². The molecule has 2 aromatic rings. The molecule has 2 N–H and O–H groups in total. The number of hydrogen-bond acceptors (Lipinski definition) is 8. The smallest absolute Gasteiger partial charge is 0.355 e. The summed E-state index contributed by atoms with van der Waals surface area (Å²) in [4.78, 5) is 51.4. The summed E-state index contributed by atoms with van der Waals surface area (Å²) in [5.41, 5.74) is 4.05. The highest BCUT2D eigenvalue weighted by Crippen LogP contribution is 2.40. The van der Waals surface area contributed by atoms with E-state index in [0.29, 0.717) is 22.0 Å². The summed E-state index contributed by atoms with van der Waals surface area (Å²) in [7, 11) is 0. The lowest BCUT2D eigenvalue weighted by molar-refractivity contribution is -0.148. The Balaban J connectivity index is 1.62. The van der Waals surface area contributed by atoms with Crippen LogP contribution in [0.25, 0.3) is 0 Å². The summed E-state index contributed by atoms with van der Waals surface area (Å²) >= 11 is 1.36. The van der Waals surface area contributed by atoms with Crippen molar-refractivity contribution in [3.63, 3.8) is 0 Å². The van der Waals surface area contributed by atoms with E-state index in [1.54, 1.807) is 37.3 Å². The molecular formula is C25H27N3O6S. The SMILES string of the molecule is CCOC(=O)c1c(NC(=O)C(OC(=O)C2=NNC(=O)CC2)c2ccccc2)sc2c1CCC(C)C2. The molecule has 2 atom stereocenters. The van der Waals surface area contributed by atoms with Gasteiger partial charge >= 0.3 is 11.9 Å². The molecule has 2 amide bonds. The normalized spacial score (nSPS) is 17.9. The molecule has 1 aliphatic carbocycles. The summed E-state index contributed by atoms with van der Waals surface area (Å²) in [5.74, 6) is -1.67. The monoisotopic (exact) mass is 497 g/mol. The van der Waals surface area contributed by atoms with Crippen LogP contribution < -0.4 is 10.7 Å².